The van der Waals surface area contributed by atoms with E-state index in [0.29, 0.717) is 11.0 Å². The Kier molecular flexibility index (Phi) is 4.37. The highest BCUT2D eigenvalue weighted by Gasteiger charge is 2.20. The highest BCUT2D eigenvalue weighted by atomic mass is 79.9. The molecule has 2 nitrogen and oxygen atoms in total. The standard InChI is InChI=1S/C14H13BrFNOS/c1-9-6-7-19-12(9)8-17(2)14(18)13-10(15)4-3-5-11(13)16/h3-7H,8H2,1-2H3. The lowest BCUT2D eigenvalue weighted by atomic mass is 10.2. The number of hydrogen-bond acceptors (Lipinski definition) is 2. The summed E-state index contributed by atoms with van der Waals surface area (Å²) in [4.78, 5) is 14.9. The van der Waals surface area contributed by atoms with E-state index in [0.717, 1.165) is 10.4 Å². The van der Waals surface area contributed by atoms with Crippen LogP contribution in [-0.4, -0.2) is 17.9 Å². The maximum Gasteiger partial charge on any atom is 0.258 e. The first-order valence-corrected chi connectivity index (χ1v) is 7.40. The minimum atomic E-state index is -0.505. The van der Waals surface area contributed by atoms with Crippen LogP contribution in [0.15, 0.2) is 34.1 Å². The highest BCUT2D eigenvalue weighted by molar-refractivity contribution is 9.10. The minimum absolute atomic E-state index is 0.0826. The van der Waals surface area contributed by atoms with Crippen molar-refractivity contribution in [1.29, 1.82) is 0 Å². The fourth-order valence-electron chi connectivity index (χ4n) is 1.75. The quantitative estimate of drug-likeness (QED) is 0.817. The van der Waals surface area contributed by atoms with Crippen LogP contribution in [0, 0.1) is 12.7 Å². The molecule has 0 bridgehead atoms. The van der Waals surface area contributed by atoms with Crippen LogP contribution in [0.2, 0.25) is 0 Å². The summed E-state index contributed by atoms with van der Waals surface area (Å²) in [6, 6.07) is 6.54. The number of rotatable bonds is 3. The molecule has 0 aliphatic heterocycles. The van der Waals surface area contributed by atoms with E-state index < -0.39 is 5.82 Å². The average Bonchev–Trinajstić information content (AvgIpc) is 2.74. The molecule has 1 aromatic carbocycles. The number of nitrogens with zero attached hydrogens (tertiary/aromatic N) is 1. The molecule has 0 fully saturated rings. The molecule has 0 radical (unpaired) electrons. The molecule has 0 spiro atoms. The SMILES string of the molecule is Cc1ccsc1CN(C)C(=O)c1c(F)cccc1Br. The smallest absolute Gasteiger partial charge is 0.258 e. The van der Waals surface area contributed by atoms with Crippen LogP contribution in [0.4, 0.5) is 4.39 Å². The van der Waals surface area contributed by atoms with Gasteiger partial charge in [-0.1, -0.05) is 6.07 Å². The summed E-state index contributed by atoms with van der Waals surface area (Å²) in [7, 11) is 1.68. The van der Waals surface area contributed by atoms with Crippen molar-refractivity contribution in [2.45, 2.75) is 13.5 Å². The summed E-state index contributed by atoms with van der Waals surface area (Å²) in [6.45, 7) is 2.49. The predicted molar refractivity (Wildman–Crippen MR) is 79.0 cm³/mol. The zero-order chi connectivity index (χ0) is 14.0. The van der Waals surface area contributed by atoms with Gasteiger partial charge in [-0.2, -0.15) is 0 Å². The van der Waals surface area contributed by atoms with Gasteiger partial charge in [-0.15, -0.1) is 11.3 Å². The van der Waals surface area contributed by atoms with Gasteiger partial charge < -0.3 is 4.90 Å². The van der Waals surface area contributed by atoms with Crippen molar-refractivity contribution in [3.8, 4) is 0 Å². The van der Waals surface area contributed by atoms with Gasteiger partial charge in [0, 0.05) is 16.4 Å². The van der Waals surface area contributed by atoms with Crippen LogP contribution in [0.5, 0.6) is 0 Å². The number of benzene rings is 1. The molecule has 5 heteroatoms. The molecule has 0 aliphatic rings. The maximum absolute atomic E-state index is 13.7. The van der Waals surface area contributed by atoms with Crippen molar-refractivity contribution < 1.29 is 9.18 Å². The molecule has 1 aromatic heterocycles. The lowest BCUT2D eigenvalue weighted by molar-refractivity contribution is 0.0780. The Bertz CT molecular complexity index is 591. The topological polar surface area (TPSA) is 20.3 Å². The van der Waals surface area contributed by atoms with Crippen LogP contribution in [0.25, 0.3) is 0 Å². The second kappa shape index (κ2) is 5.84. The molecule has 2 rings (SSSR count). The largest absolute Gasteiger partial charge is 0.336 e. The number of amides is 1. The molecule has 1 heterocycles. The summed E-state index contributed by atoms with van der Waals surface area (Å²) in [5.41, 5.74) is 1.23. The second-order valence-corrected chi connectivity index (χ2v) is 6.14. The van der Waals surface area contributed by atoms with Gasteiger partial charge in [0.2, 0.25) is 0 Å². The van der Waals surface area contributed by atoms with Crippen LogP contribution in [0.3, 0.4) is 0 Å². The molecule has 100 valence electrons. The number of thiophene rings is 1. The number of hydrogen-bond donors (Lipinski definition) is 0. The number of carbonyl (C=O) groups excluding carboxylic acids is 1. The van der Waals surface area contributed by atoms with Gasteiger partial charge in [-0.05, 0) is 52.0 Å². The fourth-order valence-corrected chi connectivity index (χ4v) is 3.22. The predicted octanol–water partition coefficient (Wildman–Crippen LogP) is 4.23. The summed E-state index contributed by atoms with van der Waals surface area (Å²) in [5, 5.41) is 1.99. The minimum Gasteiger partial charge on any atom is -0.336 e. The van der Waals surface area contributed by atoms with E-state index >= 15 is 0 Å². The molecular weight excluding hydrogens is 329 g/mol. The van der Waals surface area contributed by atoms with Crippen molar-refractivity contribution in [1.82, 2.24) is 4.90 Å². The van der Waals surface area contributed by atoms with E-state index in [4.69, 9.17) is 0 Å². The van der Waals surface area contributed by atoms with Crippen molar-refractivity contribution in [3.63, 3.8) is 0 Å². The summed E-state index contributed by atoms with van der Waals surface area (Å²) < 4.78 is 14.2. The first-order valence-electron chi connectivity index (χ1n) is 5.73. The van der Waals surface area contributed by atoms with E-state index in [-0.39, 0.29) is 11.5 Å². The first kappa shape index (κ1) is 14.2. The Morgan fingerprint density at radius 2 is 2.16 bits per heavy atom. The molecule has 0 saturated heterocycles. The third kappa shape index (κ3) is 3.04. The van der Waals surface area contributed by atoms with Gasteiger partial charge in [-0.3, -0.25) is 4.79 Å². The number of carbonyl (C=O) groups is 1. The Hall–Kier alpha value is -1.20. The Morgan fingerprint density at radius 3 is 2.74 bits per heavy atom. The molecule has 2 aromatic rings. The summed E-state index contributed by atoms with van der Waals surface area (Å²) in [5.74, 6) is -0.827. The lowest BCUT2D eigenvalue weighted by Gasteiger charge is -2.18. The van der Waals surface area contributed by atoms with Gasteiger partial charge >= 0.3 is 0 Å². The summed E-state index contributed by atoms with van der Waals surface area (Å²) in [6.07, 6.45) is 0. The van der Waals surface area contributed by atoms with E-state index in [2.05, 4.69) is 15.9 Å². The second-order valence-electron chi connectivity index (χ2n) is 4.28. The normalized spacial score (nSPS) is 10.5. The Morgan fingerprint density at radius 1 is 1.42 bits per heavy atom. The fraction of sp³-hybridized carbons (Fsp3) is 0.214. The van der Waals surface area contributed by atoms with Crippen molar-refractivity contribution in [3.05, 3.63) is 55.9 Å². The molecular formula is C14H13BrFNOS. The third-order valence-electron chi connectivity index (χ3n) is 2.87. The third-order valence-corrected chi connectivity index (χ3v) is 4.54. The molecule has 19 heavy (non-hydrogen) atoms. The molecule has 0 aliphatic carbocycles. The van der Waals surface area contributed by atoms with Gasteiger partial charge in [-0.25, -0.2) is 4.39 Å². The number of aryl methyl sites for hydroxylation is 1. The Labute approximate surface area is 124 Å². The van der Waals surface area contributed by atoms with Crippen molar-refractivity contribution in [2.75, 3.05) is 7.05 Å². The van der Waals surface area contributed by atoms with Gasteiger partial charge in [0.05, 0.1) is 12.1 Å². The van der Waals surface area contributed by atoms with Crippen LogP contribution >= 0.6 is 27.3 Å². The maximum atomic E-state index is 13.7. The van der Waals surface area contributed by atoms with Gasteiger partial charge in [0.1, 0.15) is 5.82 Å². The molecule has 1 amide bonds. The van der Waals surface area contributed by atoms with E-state index in [9.17, 15) is 9.18 Å². The first-order chi connectivity index (χ1) is 9.00. The van der Waals surface area contributed by atoms with Crippen LogP contribution in [0.1, 0.15) is 20.8 Å². The van der Waals surface area contributed by atoms with Crippen molar-refractivity contribution in [2.24, 2.45) is 0 Å². The van der Waals surface area contributed by atoms with Crippen molar-refractivity contribution >= 4 is 33.2 Å². The van der Waals surface area contributed by atoms with E-state index in [1.54, 1.807) is 30.5 Å². The van der Waals surface area contributed by atoms with Crippen LogP contribution in [-0.2, 0) is 6.54 Å². The number of halogens is 2. The monoisotopic (exact) mass is 341 g/mol. The molecule has 0 unspecified atom stereocenters. The zero-order valence-electron chi connectivity index (χ0n) is 10.6. The van der Waals surface area contributed by atoms with Gasteiger partial charge in [0.25, 0.3) is 5.91 Å². The highest BCUT2D eigenvalue weighted by Crippen LogP contribution is 2.23. The molecule has 0 N–H and O–H groups in total. The van der Waals surface area contributed by atoms with E-state index in [1.807, 2.05) is 18.4 Å². The molecule has 0 atom stereocenters. The summed E-state index contributed by atoms with van der Waals surface area (Å²) >= 11 is 4.82. The van der Waals surface area contributed by atoms with Gasteiger partial charge in [0.15, 0.2) is 0 Å². The average molecular weight is 342 g/mol. The van der Waals surface area contributed by atoms with E-state index in [1.165, 1.54) is 11.0 Å². The zero-order valence-corrected chi connectivity index (χ0v) is 13.0. The molecule has 0 saturated carbocycles. The van der Waals surface area contributed by atoms with Crippen LogP contribution < -0.4 is 0 Å². The lowest BCUT2D eigenvalue weighted by Crippen LogP contribution is -2.27. The Balaban J connectivity index is 2.22.